The van der Waals surface area contributed by atoms with Crippen LogP contribution in [0.25, 0.3) is 38.3 Å². The molecule has 22 heavy (non-hydrogen) atoms. The summed E-state index contributed by atoms with van der Waals surface area (Å²) < 4.78 is 7.50. The summed E-state index contributed by atoms with van der Waals surface area (Å²) in [6, 6.07) is 21.9. The largest absolute Gasteiger partial charge is 0.421 e. The lowest BCUT2D eigenvalue weighted by Crippen LogP contribution is -2.03. The smallest absolute Gasteiger partial charge is 0.361 e. The summed E-state index contributed by atoms with van der Waals surface area (Å²) in [6.07, 6.45) is 0. The summed E-state index contributed by atoms with van der Waals surface area (Å²) in [5, 5.41) is 2.99. The number of benzene rings is 2. The fourth-order valence-corrected chi connectivity index (χ4v) is 3.25. The van der Waals surface area contributed by atoms with Crippen LogP contribution in [0.4, 0.5) is 0 Å². The Morgan fingerprint density at radius 3 is 2.59 bits per heavy atom. The molecule has 3 nitrogen and oxygen atoms in total. The molecule has 3 heteroatoms. The molecule has 0 aliphatic rings. The summed E-state index contributed by atoms with van der Waals surface area (Å²) in [7, 11) is 0. The van der Waals surface area contributed by atoms with Crippen molar-refractivity contribution in [3.8, 4) is 0 Å². The van der Waals surface area contributed by atoms with Gasteiger partial charge in [-0.3, -0.25) is 0 Å². The van der Waals surface area contributed by atoms with E-state index >= 15 is 0 Å². The molecule has 0 radical (unpaired) electrons. The van der Waals surface area contributed by atoms with Gasteiger partial charge in [0.1, 0.15) is 11.1 Å². The number of fused-ring (bicyclic) bond motifs is 7. The standard InChI is InChI=1S/C19H11NO2/c21-19-18-15(14-6-2-4-8-17(14)22-19)11-13-10-9-12-5-1-3-7-16(12)20(13)18/h1-11H. The van der Waals surface area contributed by atoms with Gasteiger partial charge in [0.05, 0.1) is 5.52 Å². The molecule has 0 fully saturated rings. The first-order valence-electron chi connectivity index (χ1n) is 7.18. The topological polar surface area (TPSA) is 34.6 Å². The van der Waals surface area contributed by atoms with E-state index in [0.29, 0.717) is 11.1 Å². The van der Waals surface area contributed by atoms with Crippen LogP contribution >= 0.6 is 0 Å². The van der Waals surface area contributed by atoms with Gasteiger partial charge in [0.25, 0.3) is 0 Å². The van der Waals surface area contributed by atoms with Gasteiger partial charge in [0.15, 0.2) is 0 Å². The van der Waals surface area contributed by atoms with E-state index in [0.717, 1.165) is 27.2 Å². The molecular weight excluding hydrogens is 274 g/mol. The van der Waals surface area contributed by atoms with E-state index in [1.54, 1.807) is 0 Å². The molecule has 0 bridgehead atoms. The monoisotopic (exact) mass is 285 g/mol. The van der Waals surface area contributed by atoms with E-state index in [9.17, 15) is 4.79 Å². The van der Waals surface area contributed by atoms with Crippen molar-refractivity contribution in [3.63, 3.8) is 0 Å². The zero-order valence-electron chi connectivity index (χ0n) is 11.6. The summed E-state index contributed by atoms with van der Waals surface area (Å²) in [6.45, 7) is 0. The van der Waals surface area contributed by atoms with Crippen molar-refractivity contribution in [1.29, 1.82) is 0 Å². The number of hydrogen-bond acceptors (Lipinski definition) is 2. The fourth-order valence-electron chi connectivity index (χ4n) is 3.25. The Bertz CT molecular complexity index is 1240. The first-order chi connectivity index (χ1) is 10.8. The molecule has 0 amide bonds. The average molecular weight is 285 g/mol. The lowest BCUT2D eigenvalue weighted by Gasteiger charge is -2.03. The third-order valence-electron chi connectivity index (χ3n) is 4.21. The van der Waals surface area contributed by atoms with Gasteiger partial charge < -0.3 is 8.82 Å². The van der Waals surface area contributed by atoms with Crippen LogP contribution < -0.4 is 5.63 Å². The maximum absolute atomic E-state index is 12.5. The number of hydrogen-bond donors (Lipinski definition) is 0. The van der Waals surface area contributed by atoms with E-state index in [-0.39, 0.29) is 5.63 Å². The molecule has 3 aromatic heterocycles. The van der Waals surface area contributed by atoms with Crippen LogP contribution in [0.3, 0.4) is 0 Å². The average Bonchev–Trinajstić information content (AvgIpc) is 2.96. The Hall–Kier alpha value is -3.07. The van der Waals surface area contributed by atoms with Gasteiger partial charge >= 0.3 is 5.63 Å². The number of para-hydroxylation sites is 2. The van der Waals surface area contributed by atoms with Crippen LogP contribution in [0.15, 0.2) is 75.9 Å². The van der Waals surface area contributed by atoms with Crippen LogP contribution in [0.5, 0.6) is 0 Å². The van der Waals surface area contributed by atoms with Crippen molar-refractivity contribution in [2.75, 3.05) is 0 Å². The molecular formula is C19H11NO2. The number of rotatable bonds is 0. The Balaban J connectivity index is 2.18. The normalized spacial score (nSPS) is 11.8. The zero-order valence-corrected chi connectivity index (χ0v) is 11.6. The van der Waals surface area contributed by atoms with E-state index < -0.39 is 0 Å². The summed E-state index contributed by atoms with van der Waals surface area (Å²) in [5.74, 6) is 0. The zero-order chi connectivity index (χ0) is 14.7. The molecule has 3 heterocycles. The Labute approximate surface area is 125 Å². The minimum absolute atomic E-state index is 0.301. The van der Waals surface area contributed by atoms with E-state index in [4.69, 9.17) is 4.42 Å². The van der Waals surface area contributed by atoms with E-state index in [1.807, 2.05) is 59.0 Å². The highest BCUT2D eigenvalue weighted by molar-refractivity contribution is 6.07. The molecule has 0 atom stereocenters. The third-order valence-corrected chi connectivity index (χ3v) is 4.21. The Morgan fingerprint density at radius 2 is 1.64 bits per heavy atom. The molecule has 5 aromatic rings. The van der Waals surface area contributed by atoms with Crippen molar-refractivity contribution in [2.24, 2.45) is 0 Å². The van der Waals surface area contributed by atoms with Gasteiger partial charge in [-0.25, -0.2) is 4.79 Å². The number of pyridine rings is 1. The Kier molecular flexibility index (Phi) is 2.09. The lowest BCUT2D eigenvalue weighted by atomic mass is 10.1. The van der Waals surface area contributed by atoms with Crippen LogP contribution in [0, 0.1) is 0 Å². The summed E-state index contributed by atoms with van der Waals surface area (Å²) in [4.78, 5) is 12.5. The molecule has 0 spiro atoms. The highest BCUT2D eigenvalue weighted by Gasteiger charge is 2.13. The van der Waals surface area contributed by atoms with Gasteiger partial charge in [0.2, 0.25) is 0 Å². The molecule has 5 rings (SSSR count). The SMILES string of the molecule is O=c1oc2ccccc2c2cc3ccc4ccccc4n3c12. The highest BCUT2D eigenvalue weighted by atomic mass is 16.4. The molecule has 0 saturated carbocycles. The van der Waals surface area contributed by atoms with Gasteiger partial charge in [-0.1, -0.05) is 42.5 Å². The van der Waals surface area contributed by atoms with Crippen molar-refractivity contribution in [2.45, 2.75) is 0 Å². The molecule has 0 aliphatic carbocycles. The summed E-state index contributed by atoms with van der Waals surface area (Å²) >= 11 is 0. The molecule has 0 unspecified atom stereocenters. The maximum atomic E-state index is 12.5. The second-order valence-corrected chi connectivity index (χ2v) is 5.44. The molecule has 104 valence electrons. The minimum Gasteiger partial charge on any atom is -0.421 e. The molecule has 0 N–H and O–H groups in total. The maximum Gasteiger partial charge on any atom is 0.361 e. The Morgan fingerprint density at radius 1 is 0.818 bits per heavy atom. The third kappa shape index (κ3) is 1.37. The van der Waals surface area contributed by atoms with Crippen molar-refractivity contribution >= 4 is 38.3 Å². The van der Waals surface area contributed by atoms with Crippen molar-refractivity contribution in [1.82, 2.24) is 4.40 Å². The van der Waals surface area contributed by atoms with Gasteiger partial charge in [0, 0.05) is 16.3 Å². The van der Waals surface area contributed by atoms with Gasteiger partial charge in [-0.2, -0.15) is 0 Å². The number of nitrogens with zero attached hydrogens (tertiary/aromatic N) is 1. The second kappa shape index (κ2) is 3.98. The van der Waals surface area contributed by atoms with Crippen LogP contribution in [0.2, 0.25) is 0 Å². The minimum atomic E-state index is -0.301. The predicted molar refractivity (Wildman–Crippen MR) is 88.5 cm³/mol. The van der Waals surface area contributed by atoms with Crippen LogP contribution in [-0.2, 0) is 0 Å². The molecule has 0 aliphatic heterocycles. The molecule has 0 saturated heterocycles. The predicted octanol–water partition coefficient (Wildman–Crippen LogP) is 4.35. The van der Waals surface area contributed by atoms with Gasteiger partial charge in [-0.05, 0) is 29.7 Å². The first kappa shape index (κ1) is 11.6. The second-order valence-electron chi connectivity index (χ2n) is 5.44. The fraction of sp³-hybridized carbons (Fsp3) is 0. The quantitative estimate of drug-likeness (QED) is 0.396. The van der Waals surface area contributed by atoms with Crippen LogP contribution in [-0.4, -0.2) is 4.40 Å². The van der Waals surface area contributed by atoms with E-state index in [1.165, 1.54) is 0 Å². The summed E-state index contributed by atoms with van der Waals surface area (Å²) in [5.41, 5.74) is 2.94. The van der Waals surface area contributed by atoms with E-state index in [2.05, 4.69) is 12.1 Å². The number of aromatic nitrogens is 1. The van der Waals surface area contributed by atoms with Crippen molar-refractivity contribution < 1.29 is 4.42 Å². The highest BCUT2D eigenvalue weighted by Crippen LogP contribution is 2.28. The molecule has 2 aromatic carbocycles. The van der Waals surface area contributed by atoms with Gasteiger partial charge in [-0.15, -0.1) is 0 Å². The first-order valence-corrected chi connectivity index (χ1v) is 7.18. The lowest BCUT2D eigenvalue weighted by molar-refractivity contribution is 0.567. The van der Waals surface area contributed by atoms with Crippen LogP contribution in [0.1, 0.15) is 0 Å². The van der Waals surface area contributed by atoms with Crippen molar-refractivity contribution in [3.05, 3.63) is 77.2 Å².